The molecule has 1 fully saturated rings. The van der Waals surface area contributed by atoms with Gasteiger partial charge in [0, 0.05) is 19.8 Å². The van der Waals surface area contributed by atoms with Gasteiger partial charge >= 0.3 is 0 Å². The molecule has 20 heavy (non-hydrogen) atoms. The van der Waals surface area contributed by atoms with E-state index in [-0.39, 0.29) is 0 Å². The fourth-order valence-electron chi connectivity index (χ4n) is 2.82. The molecule has 2 aromatic rings. The van der Waals surface area contributed by atoms with Gasteiger partial charge < -0.3 is 9.42 Å². The molecule has 6 heteroatoms. The van der Waals surface area contributed by atoms with Gasteiger partial charge in [0.15, 0.2) is 0 Å². The molecule has 1 saturated heterocycles. The van der Waals surface area contributed by atoms with Crippen LogP contribution in [0.5, 0.6) is 0 Å². The third kappa shape index (κ3) is 2.75. The van der Waals surface area contributed by atoms with Gasteiger partial charge in [0.05, 0.1) is 5.92 Å². The summed E-state index contributed by atoms with van der Waals surface area (Å²) < 4.78 is 7.20. The molecule has 1 aliphatic heterocycles. The largest absolute Gasteiger partial charge is 0.339 e. The second-order valence-corrected chi connectivity index (χ2v) is 5.47. The van der Waals surface area contributed by atoms with Crippen molar-refractivity contribution in [1.29, 1.82) is 0 Å². The van der Waals surface area contributed by atoms with Gasteiger partial charge in [-0.05, 0) is 38.4 Å². The molecular weight excluding hydrogens is 254 g/mol. The van der Waals surface area contributed by atoms with E-state index in [9.17, 15) is 0 Å². The second kappa shape index (κ2) is 5.75. The minimum absolute atomic E-state index is 0.361. The van der Waals surface area contributed by atoms with Crippen LogP contribution in [-0.2, 0) is 7.05 Å². The van der Waals surface area contributed by atoms with Crippen molar-refractivity contribution < 1.29 is 4.52 Å². The van der Waals surface area contributed by atoms with Gasteiger partial charge in [-0.3, -0.25) is 4.68 Å². The topological polar surface area (TPSA) is 60.0 Å². The monoisotopic (exact) mass is 275 g/mol. The van der Waals surface area contributed by atoms with Crippen molar-refractivity contribution in [3.8, 4) is 11.5 Å². The van der Waals surface area contributed by atoms with Crippen molar-refractivity contribution in [2.24, 2.45) is 7.05 Å². The molecule has 0 spiro atoms. The molecule has 3 heterocycles. The Balaban J connectivity index is 1.73. The number of aromatic nitrogens is 4. The van der Waals surface area contributed by atoms with Crippen molar-refractivity contribution in [3.63, 3.8) is 0 Å². The van der Waals surface area contributed by atoms with Crippen LogP contribution >= 0.6 is 0 Å². The van der Waals surface area contributed by atoms with Gasteiger partial charge in [0.1, 0.15) is 5.69 Å². The third-order valence-electron chi connectivity index (χ3n) is 3.78. The predicted octanol–water partition coefficient (Wildman–Crippen LogP) is 2.06. The maximum absolute atomic E-state index is 5.46. The van der Waals surface area contributed by atoms with E-state index in [1.807, 2.05) is 19.3 Å². The zero-order valence-corrected chi connectivity index (χ0v) is 12.1. The fraction of sp³-hybridized carbons (Fsp3) is 0.643. The smallest absolute Gasteiger partial charge is 0.231 e. The highest BCUT2D eigenvalue weighted by molar-refractivity contribution is 5.46. The summed E-state index contributed by atoms with van der Waals surface area (Å²) in [5.74, 6) is 1.71. The maximum Gasteiger partial charge on any atom is 0.231 e. The van der Waals surface area contributed by atoms with Crippen LogP contribution in [0, 0.1) is 0 Å². The normalized spacial score (nSPS) is 20.4. The lowest BCUT2D eigenvalue weighted by Gasteiger charge is -2.30. The minimum Gasteiger partial charge on any atom is -0.339 e. The van der Waals surface area contributed by atoms with Gasteiger partial charge in [-0.25, -0.2) is 0 Å². The SMILES string of the molecule is CCCN1CCCC(c2nc(-c3ccn(C)n3)no2)C1. The van der Waals surface area contributed by atoms with E-state index in [0.29, 0.717) is 11.7 Å². The van der Waals surface area contributed by atoms with Gasteiger partial charge in [-0.15, -0.1) is 0 Å². The zero-order valence-electron chi connectivity index (χ0n) is 12.1. The van der Waals surface area contributed by atoms with Gasteiger partial charge in [-0.2, -0.15) is 10.1 Å². The standard InChI is InChI=1S/C14H21N5O/c1-3-7-19-8-4-5-11(10-19)14-15-13(17-20-14)12-6-9-18(2)16-12/h6,9,11H,3-5,7-8,10H2,1-2H3. The van der Waals surface area contributed by atoms with E-state index in [1.54, 1.807) is 4.68 Å². The van der Waals surface area contributed by atoms with Crippen molar-refractivity contribution >= 4 is 0 Å². The molecule has 0 aliphatic carbocycles. The van der Waals surface area contributed by atoms with Crippen molar-refractivity contribution in [3.05, 3.63) is 18.2 Å². The lowest BCUT2D eigenvalue weighted by molar-refractivity contribution is 0.187. The van der Waals surface area contributed by atoms with Gasteiger partial charge in [0.2, 0.25) is 11.7 Å². The Bertz CT molecular complexity index is 559. The Morgan fingerprint density at radius 3 is 3.10 bits per heavy atom. The van der Waals surface area contributed by atoms with Crippen LogP contribution in [0.4, 0.5) is 0 Å². The Morgan fingerprint density at radius 2 is 2.35 bits per heavy atom. The van der Waals surface area contributed by atoms with E-state index in [0.717, 1.165) is 31.1 Å². The Morgan fingerprint density at radius 1 is 1.45 bits per heavy atom. The summed E-state index contributed by atoms with van der Waals surface area (Å²) in [7, 11) is 1.88. The van der Waals surface area contributed by atoms with Crippen LogP contribution in [0.15, 0.2) is 16.8 Å². The van der Waals surface area contributed by atoms with Crippen LogP contribution in [0.2, 0.25) is 0 Å². The highest BCUT2D eigenvalue weighted by Crippen LogP contribution is 2.27. The summed E-state index contributed by atoms with van der Waals surface area (Å²) in [6, 6.07) is 1.90. The molecule has 108 valence electrons. The van der Waals surface area contributed by atoms with Crippen LogP contribution in [0.25, 0.3) is 11.5 Å². The first-order valence-corrected chi connectivity index (χ1v) is 7.32. The lowest BCUT2D eigenvalue weighted by atomic mass is 9.98. The molecule has 2 aromatic heterocycles. The highest BCUT2D eigenvalue weighted by Gasteiger charge is 2.26. The average molecular weight is 275 g/mol. The molecule has 0 amide bonds. The summed E-state index contributed by atoms with van der Waals surface area (Å²) in [6.45, 7) is 5.58. The number of hydrogen-bond donors (Lipinski definition) is 0. The lowest BCUT2D eigenvalue weighted by Crippen LogP contribution is -2.34. The van der Waals surface area contributed by atoms with Gasteiger partial charge in [0.25, 0.3) is 0 Å². The molecule has 1 atom stereocenters. The third-order valence-corrected chi connectivity index (χ3v) is 3.78. The molecule has 0 saturated carbocycles. The van der Waals surface area contributed by atoms with Crippen molar-refractivity contribution in [2.45, 2.75) is 32.1 Å². The quantitative estimate of drug-likeness (QED) is 0.854. The molecule has 0 bridgehead atoms. The van der Waals surface area contributed by atoms with E-state index >= 15 is 0 Å². The van der Waals surface area contributed by atoms with Crippen molar-refractivity contribution in [2.75, 3.05) is 19.6 Å². The van der Waals surface area contributed by atoms with Crippen LogP contribution < -0.4 is 0 Å². The van der Waals surface area contributed by atoms with Crippen molar-refractivity contribution in [1.82, 2.24) is 24.8 Å². The van der Waals surface area contributed by atoms with E-state index < -0.39 is 0 Å². The summed E-state index contributed by atoms with van der Waals surface area (Å²) in [5.41, 5.74) is 0.767. The Hall–Kier alpha value is -1.69. The average Bonchev–Trinajstić information content (AvgIpc) is 3.08. The zero-order chi connectivity index (χ0) is 13.9. The number of hydrogen-bond acceptors (Lipinski definition) is 5. The van der Waals surface area contributed by atoms with Crippen LogP contribution in [0.1, 0.15) is 38.0 Å². The van der Waals surface area contributed by atoms with Crippen LogP contribution in [-0.4, -0.2) is 44.5 Å². The summed E-state index contributed by atoms with van der Waals surface area (Å²) in [4.78, 5) is 7.02. The molecule has 1 unspecified atom stereocenters. The Kier molecular flexibility index (Phi) is 3.82. The maximum atomic E-state index is 5.46. The summed E-state index contributed by atoms with van der Waals surface area (Å²) in [6.07, 6.45) is 5.40. The Labute approximate surface area is 118 Å². The van der Waals surface area contributed by atoms with Crippen LogP contribution in [0.3, 0.4) is 0 Å². The first kappa shape index (κ1) is 13.3. The van der Waals surface area contributed by atoms with E-state index in [2.05, 4.69) is 27.1 Å². The van der Waals surface area contributed by atoms with Gasteiger partial charge in [-0.1, -0.05) is 12.1 Å². The molecular formula is C14H21N5O. The first-order valence-electron chi connectivity index (χ1n) is 7.32. The molecule has 6 nitrogen and oxygen atoms in total. The first-order chi connectivity index (χ1) is 9.76. The molecule has 0 aromatic carbocycles. The highest BCUT2D eigenvalue weighted by atomic mass is 16.5. The molecule has 1 aliphatic rings. The number of likely N-dealkylation sites (tertiary alicyclic amines) is 1. The molecule has 0 N–H and O–H groups in total. The van der Waals surface area contributed by atoms with E-state index in [1.165, 1.54) is 19.4 Å². The number of rotatable bonds is 4. The second-order valence-electron chi connectivity index (χ2n) is 5.47. The molecule has 0 radical (unpaired) electrons. The summed E-state index contributed by atoms with van der Waals surface area (Å²) >= 11 is 0. The van der Waals surface area contributed by atoms with E-state index in [4.69, 9.17) is 4.52 Å². The predicted molar refractivity (Wildman–Crippen MR) is 75.2 cm³/mol. The fourth-order valence-corrected chi connectivity index (χ4v) is 2.82. The summed E-state index contributed by atoms with van der Waals surface area (Å²) in [5, 5.41) is 8.37. The number of piperidine rings is 1. The minimum atomic E-state index is 0.361. The number of nitrogens with zero attached hydrogens (tertiary/aromatic N) is 5. The number of aryl methyl sites for hydroxylation is 1. The molecule has 3 rings (SSSR count).